The molecular formula is C15H12BrClFNO. The fourth-order valence-electron chi connectivity index (χ4n) is 1.82. The molecule has 0 aromatic heterocycles. The maximum atomic E-state index is 13.7. The van der Waals surface area contributed by atoms with E-state index in [1.165, 1.54) is 18.2 Å². The first-order valence-corrected chi connectivity index (χ1v) is 7.16. The van der Waals surface area contributed by atoms with Crippen molar-refractivity contribution >= 4 is 33.4 Å². The van der Waals surface area contributed by atoms with E-state index >= 15 is 0 Å². The molecule has 0 aliphatic rings. The van der Waals surface area contributed by atoms with Gasteiger partial charge in [-0.05, 0) is 36.8 Å². The second-order valence-electron chi connectivity index (χ2n) is 4.34. The Bertz CT molecular complexity index is 610. The van der Waals surface area contributed by atoms with Gasteiger partial charge in [-0.1, -0.05) is 45.7 Å². The summed E-state index contributed by atoms with van der Waals surface area (Å²) < 4.78 is 14.6. The number of nitrogens with one attached hydrogen (secondary N) is 1. The van der Waals surface area contributed by atoms with E-state index in [-0.39, 0.29) is 16.6 Å². The summed E-state index contributed by atoms with van der Waals surface area (Å²) in [5.74, 6) is -1.15. The first-order chi connectivity index (χ1) is 9.49. The smallest absolute Gasteiger partial charge is 0.256 e. The zero-order valence-corrected chi connectivity index (χ0v) is 13.0. The van der Waals surface area contributed by atoms with E-state index in [0.29, 0.717) is 0 Å². The number of rotatable bonds is 3. The highest BCUT2D eigenvalue weighted by Gasteiger charge is 2.18. The van der Waals surface area contributed by atoms with Gasteiger partial charge in [-0.25, -0.2) is 4.39 Å². The summed E-state index contributed by atoms with van der Waals surface area (Å²) in [5, 5.41) is 2.84. The molecule has 0 fully saturated rings. The van der Waals surface area contributed by atoms with Crippen LogP contribution in [0, 0.1) is 5.82 Å². The fourth-order valence-corrected chi connectivity index (χ4v) is 2.33. The minimum absolute atomic E-state index is 0.102. The molecule has 5 heteroatoms. The number of hydrogen-bond donors (Lipinski definition) is 1. The van der Waals surface area contributed by atoms with Crippen LogP contribution in [0.4, 0.5) is 4.39 Å². The summed E-state index contributed by atoms with van der Waals surface area (Å²) in [4.78, 5) is 12.1. The monoisotopic (exact) mass is 355 g/mol. The molecule has 0 saturated carbocycles. The molecule has 0 saturated heterocycles. The molecule has 1 unspecified atom stereocenters. The second kappa shape index (κ2) is 6.37. The third kappa shape index (κ3) is 3.38. The van der Waals surface area contributed by atoms with Gasteiger partial charge in [0.2, 0.25) is 0 Å². The van der Waals surface area contributed by atoms with Gasteiger partial charge in [0, 0.05) is 4.47 Å². The van der Waals surface area contributed by atoms with E-state index in [1.54, 1.807) is 0 Å². The van der Waals surface area contributed by atoms with Crippen molar-refractivity contribution < 1.29 is 9.18 Å². The number of hydrogen-bond acceptors (Lipinski definition) is 1. The van der Waals surface area contributed by atoms with Crippen LogP contribution in [-0.4, -0.2) is 5.91 Å². The summed E-state index contributed by atoms with van der Waals surface area (Å²) in [6, 6.07) is 11.5. The van der Waals surface area contributed by atoms with Gasteiger partial charge in [-0.15, -0.1) is 0 Å². The molecule has 2 rings (SSSR count). The van der Waals surface area contributed by atoms with Crippen LogP contribution in [0.25, 0.3) is 0 Å². The number of carbonyl (C=O) groups is 1. The largest absolute Gasteiger partial charge is 0.345 e. The van der Waals surface area contributed by atoms with Gasteiger partial charge >= 0.3 is 0 Å². The van der Waals surface area contributed by atoms with Crippen molar-refractivity contribution in [3.8, 4) is 0 Å². The Hall–Kier alpha value is -1.39. The first kappa shape index (κ1) is 15.0. The van der Waals surface area contributed by atoms with Crippen LogP contribution in [0.1, 0.15) is 28.9 Å². The maximum Gasteiger partial charge on any atom is 0.256 e. The second-order valence-corrected chi connectivity index (χ2v) is 5.67. The van der Waals surface area contributed by atoms with E-state index in [2.05, 4.69) is 21.2 Å². The van der Waals surface area contributed by atoms with E-state index in [0.717, 1.165) is 10.0 Å². The van der Waals surface area contributed by atoms with Gasteiger partial charge in [0.25, 0.3) is 5.91 Å². The van der Waals surface area contributed by atoms with Crippen molar-refractivity contribution in [2.75, 3.05) is 0 Å². The predicted molar refractivity (Wildman–Crippen MR) is 81.4 cm³/mol. The molecule has 0 aliphatic heterocycles. The Balaban J connectivity index is 2.17. The van der Waals surface area contributed by atoms with Crippen molar-refractivity contribution in [1.29, 1.82) is 0 Å². The minimum Gasteiger partial charge on any atom is -0.345 e. The van der Waals surface area contributed by atoms with Gasteiger partial charge < -0.3 is 5.32 Å². The van der Waals surface area contributed by atoms with Crippen molar-refractivity contribution in [3.05, 3.63) is 68.9 Å². The number of carbonyl (C=O) groups excluding carboxylic acids is 1. The Morgan fingerprint density at radius 2 is 1.90 bits per heavy atom. The zero-order chi connectivity index (χ0) is 14.7. The average Bonchev–Trinajstić information content (AvgIpc) is 2.39. The Morgan fingerprint density at radius 3 is 2.50 bits per heavy atom. The topological polar surface area (TPSA) is 29.1 Å². The molecular weight excluding hydrogens is 345 g/mol. The summed E-state index contributed by atoms with van der Waals surface area (Å²) in [6.45, 7) is 1.83. The number of halogens is 3. The molecule has 1 amide bonds. The summed E-state index contributed by atoms with van der Waals surface area (Å²) >= 11 is 9.21. The van der Waals surface area contributed by atoms with Gasteiger partial charge in [0.1, 0.15) is 5.82 Å². The SMILES string of the molecule is CC(NC(=O)c1c(F)cccc1Cl)c1ccc(Br)cc1. The molecule has 0 heterocycles. The molecule has 0 aliphatic carbocycles. The molecule has 104 valence electrons. The first-order valence-electron chi connectivity index (χ1n) is 5.99. The van der Waals surface area contributed by atoms with E-state index in [4.69, 9.17) is 11.6 Å². The standard InChI is InChI=1S/C15H12BrClFNO/c1-9(10-5-7-11(16)8-6-10)19-15(20)14-12(17)3-2-4-13(14)18/h2-9H,1H3,(H,19,20). The van der Waals surface area contributed by atoms with E-state index in [9.17, 15) is 9.18 Å². The fraction of sp³-hybridized carbons (Fsp3) is 0.133. The molecule has 0 radical (unpaired) electrons. The normalized spacial score (nSPS) is 12.0. The Kier molecular flexibility index (Phi) is 4.78. The summed E-state index contributed by atoms with van der Waals surface area (Å²) in [7, 11) is 0. The Morgan fingerprint density at radius 1 is 1.25 bits per heavy atom. The highest BCUT2D eigenvalue weighted by atomic mass is 79.9. The van der Waals surface area contributed by atoms with Crippen molar-refractivity contribution in [3.63, 3.8) is 0 Å². The van der Waals surface area contributed by atoms with Crippen molar-refractivity contribution in [2.24, 2.45) is 0 Å². The van der Waals surface area contributed by atoms with Gasteiger partial charge in [-0.3, -0.25) is 4.79 Å². The molecule has 2 aromatic carbocycles. The van der Waals surface area contributed by atoms with Crippen LogP contribution in [0.15, 0.2) is 46.9 Å². The van der Waals surface area contributed by atoms with Gasteiger partial charge in [0.15, 0.2) is 0 Å². The van der Waals surface area contributed by atoms with Crippen molar-refractivity contribution in [2.45, 2.75) is 13.0 Å². The van der Waals surface area contributed by atoms with E-state index < -0.39 is 11.7 Å². The average molecular weight is 357 g/mol. The lowest BCUT2D eigenvalue weighted by Crippen LogP contribution is -2.27. The van der Waals surface area contributed by atoms with Crippen LogP contribution in [-0.2, 0) is 0 Å². The molecule has 1 atom stereocenters. The van der Waals surface area contributed by atoms with E-state index in [1.807, 2.05) is 31.2 Å². The highest BCUT2D eigenvalue weighted by molar-refractivity contribution is 9.10. The summed E-state index contributed by atoms with van der Waals surface area (Å²) in [5.41, 5.74) is 0.798. The van der Waals surface area contributed by atoms with Crippen LogP contribution >= 0.6 is 27.5 Å². The van der Waals surface area contributed by atoms with Crippen LogP contribution in [0.5, 0.6) is 0 Å². The highest BCUT2D eigenvalue weighted by Crippen LogP contribution is 2.21. The lowest BCUT2D eigenvalue weighted by molar-refractivity contribution is 0.0936. The van der Waals surface area contributed by atoms with Gasteiger partial charge in [-0.2, -0.15) is 0 Å². The molecule has 0 spiro atoms. The predicted octanol–water partition coefficient (Wildman–Crippen LogP) is 4.73. The zero-order valence-electron chi connectivity index (χ0n) is 10.7. The maximum absolute atomic E-state index is 13.7. The number of amides is 1. The van der Waals surface area contributed by atoms with Gasteiger partial charge in [0.05, 0.1) is 16.6 Å². The lowest BCUT2D eigenvalue weighted by atomic mass is 10.1. The van der Waals surface area contributed by atoms with Crippen molar-refractivity contribution in [1.82, 2.24) is 5.32 Å². The quantitative estimate of drug-likeness (QED) is 0.846. The molecule has 20 heavy (non-hydrogen) atoms. The number of benzene rings is 2. The summed E-state index contributed by atoms with van der Waals surface area (Å²) in [6.07, 6.45) is 0. The molecule has 1 N–H and O–H groups in total. The third-order valence-corrected chi connectivity index (χ3v) is 3.75. The molecule has 2 nitrogen and oxygen atoms in total. The molecule has 0 bridgehead atoms. The van der Waals surface area contributed by atoms with Crippen LogP contribution in [0.3, 0.4) is 0 Å². The third-order valence-electron chi connectivity index (χ3n) is 2.91. The van der Waals surface area contributed by atoms with Crippen LogP contribution in [0.2, 0.25) is 5.02 Å². The molecule has 2 aromatic rings. The minimum atomic E-state index is -0.627. The van der Waals surface area contributed by atoms with Crippen LogP contribution < -0.4 is 5.32 Å². The lowest BCUT2D eigenvalue weighted by Gasteiger charge is -2.15. The Labute approximate surface area is 130 Å².